The summed E-state index contributed by atoms with van der Waals surface area (Å²) in [4.78, 5) is 24.3. The molecule has 0 aliphatic carbocycles. The van der Waals surface area contributed by atoms with Crippen molar-refractivity contribution in [3.8, 4) is 5.75 Å². The first-order valence-electron chi connectivity index (χ1n) is 9.09. The summed E-state index contributed by atoms with van der Waals surface area (Å²) in [5, 5.41) is 3.58. The van der Waals surface area contributed by atoms with E-state index in [4.69, 9.17) is 13.9 Å². The molecular weight excluding hydrogens is 358 g/mol. The van der Waals surface area contributed by atoms with Gasteiger partial charge in [0.05, 0.1) is 25.5 Å². The van der Waals surface area contributed by atoms with E-state index < -0.39 is 11.9 Å². The number of hydrogen-bond acceptors (Lipinski definition) is 5. The Labute approximate surface area is 163 Å². The van der Waals surface area contributed by atoms with Crippen LogP contribution >= 0.6 is 0 Å². The van der Waals surface area contributed by atoms with E-state index in [2.05, 4.69) is 12.2 Å². The summed E-state index contributed by atoms with van der Waals surface area (Å²) in [5.74, 6) is -0.378. The maximum atomic E-state index is 12.1. The Balaban J connectivity index is 1.57. The molecule has 1 heterocycles. The van der Waals surface area contributed by atoms with Gasteiger partial charge in [0.1, 0.15) is 11.3 Å². The Morgan fingerprint density at radius 1 is 1.14 bits per heavy atom. The number of nitrogens with one attached hydrogen (secondary N) is 1. The highest BCUT2D eigenvalue weighted by Gasteiger charge is 2.14. The molecule has 0 fully saturated rings. The number of esters is 1. The number of amides is 1. The molecule has 0 aliphatic rings. The number of anilines is 1. The standard InChI is InChI=1S/C22H23NO5/c1-4-15-6-7-17-16(12-27-20(17)10-15)11-22(25)28-13-21(24)23-18-9-14(2)5-8-19(18)26-3/h5-10,12H,4,11,13H2,1-3H3,(H,23,24). The van der Waals surface area contributed by atoms with Crippen LogP contribution in [0.4, 0.5) is 5.69 Å². The number of rotatable bonds is 7. The van der Waals surface area contributed by atoms with Crippen LogP contribution in [-0.4, -0.2) is 25.6 Å². The van der Waals surface area contributed by atoms with Crippen molar-refractivity contribution in [1.82, 2.24) is 0 Å². The van der Waals surface area contributed by atoms with Crippen LogP contribution in [0.15, 0.2) is 47.1 Å². The van der Waals surface area contributed by atoms with Gasteiger partial charge in [0, 0.05) is 10.9 Å². The molecule has 0 spiro atoms. The fraction of sp³-hybridized carbons (Fsp3) is 0.273. The molecule has 6 heteroatoms. The third kappa shape index (κ3) is 4.52. The minimum absolute atomic E-state index is 0.0412. The Hall–Kier alpha value is -3.28. The van der Waals surface area contributed by atoms with Crippen molar-refractivity contribution in [2.45, 2.75) is 26.7 Å². The van der Waals surface area contributed by atoms with Gasteiger partial charge in [-0.25, -0.2) is 0 Å². The van der Waals surface area contributed by atoms with Gasteiger partial charge < -0.3 is 19.2 Å². The van der Waals surface area contributed by atoms with Gasteiger partial charge in [-0.15, -0.1) is 0 Å². The zero-order chi connectivity index (χ0) is 20.1. The van der Waals surface area contributed by atoms with Crippen LogP contribution in [0.3, 0.4) is 0 Å². The lowest BCUT2D eigenvalue weighted by Gasteiger charge is -2.11. The number of carbonyl (C=O) groups is 2. The van der Waals surface area contributed by atoms with E-state index in [-0.39, 0.29) is 13.0 Å². The summed E-state index contributed by atoms with van der Waals surface area (Å²) in [5.41, 5.74) is 4.16. The van der Waals surface area contributed by atoms with E-state index in [0.717, 1.165) is 28.5 Å². The predicted molar refractivity (Wildman–Crippen MR) is 107 cm³/mol. The van der Waals surface area contributed by atoms with E-state index in [1.807, 2.05) is 31.2 Å². The Bertz CT molecular complexity index is 1010. The van der Waals surface area contributed by atoms with Crippen molar-refractivity contribution in [2.24, 2.45) is 0 Å². The van der Waals surface area contributed by atoms with E-state index in [0.29, 0.717) is 11.4 Å². The van der Waals surface area contributed by atoms with Gasteiger partial charge >= 0.3 is 5.97 Å². The van der Waals surface area contributed by atoms with Crippen LogP contribution in [0.25, 0.3) is 11.0 Å². The zero-order valence-corrected chi connectivity index (χ0v) is 16.2. The van der Waals surface area contributed by atoms with Gasteiger partial charge in [-0.1, -0.05) is 25.1 Å². The normalized spacial score (nSPS) is 10.7. The summed E-state index contributed by atoms with van der Waals surface area (Å²) >= 11 is 0. The lowest BCUT2D eigenvalue weighted by atomic mass is 10.1. The van der Waals surface area contributed by atoms with Crippen molar-refractivity contribution in [3.63, 3.8) is 0 Å². The van der Waals surface area contributed by atoms with Crippen LogP contribution < -0.4 is 10.1 Å². The Kier molecular flexibility index (Phi) is 5.99. The van der Waals surface area contributed by atoms with Crippen molar-refractivity contribution in [3.05, 3.63) is 59.4 Å². The highest BCUT2D eigenvalue weighted by Crippen LogP contribution is 2.25. The van der Waals surface area contributed by atoms with E-state index in [1.165, 1.54) is 12.7 Å². The molecule has 0 saturated heterocycles. The van der Waals surface area contributed by atoms with Crippen LogP contribution in [0.5, 0.6) is 5.75 Å². The van der Waals surface area contributed by atoms with Crippen LogP contribution in [0, 0.1) is 6.92 Å². The average Bonchev–Trinajstić information content (AvgIpc) is 3.08. The topological polar surface area (TPSA) is 77.8 Å². The monoisotopic (exact) mass is 381 g/mol. The van der Waals surface area contributed by atoms with Gasteiger partial charge in [-0.05, 0) is 42.7 Å². The highest BCUT2D eigenvalue weighted by molar-refractivity contribution is 5.94. The summed E-state index contributed by atoms with van der Waals surface area (Å²) in [7, 11) is 1.53. The molecular formula is C22H23NO5. The summed E-state index contributed by atoms with van der Waals surface area (Å²) in [6.45, 7) is 3.61. The molecule has 6 nitrogen and oxygen atoms in total. The second-order valence-electron chi connectivity index (χ2n) is 6.53. The van der Waals surface area contributed by atoms with Gasteiger partial charge in [0.2, 0.25) is 0 Å². The molecule has 146 valence electrons. The summed E-state index contributed by atoms with van der Waals surface area (Å²) in [6.07, 6.45) is 2.51. The number of ether oxygens (including phenoxy) is 2. The molecule has 0 atom stereocenters. The van der Waals surface area contributed by atoms with Crippen molar-refractivity contribution in [2.75, 3.05) is 19.0 Å². The number of benzene rings is 2. The number of methoxy groups -OCH3 is 1. The molecule has 2 aromatic carbocycles. The molecule has 0 aliphatic heterocycles. The zero-order valence-electron chi connectivity index (χ0n) is 16.2. The Morgan fingerprint density at radius 3 is 2.71 bits per heavy atom. The quantitative estimate of drug-likeness (QED) is 0.625. The maximum Gasteiger partial charge on any atom is 0.310 e. The van der Waals surface area contributed by atoms with Crippen molar-refractivity contribution >= 4 is 28.5 Å². The Morgan fingerprint density at radius 2 is 1.96 bits per heavy atom. The second-order valence-corrected chi connectivity index (χ2v) is 6.53. The van der Waals surface area contributed by atoms with Crippen LogP contribution in [0.1, 0.15) is 23.6 Å². The number of hydrogen-bond donors (Lipinski definition) is 1. The van der Waals surface area contributed by atoms with Gasteiger partial charge in [-0.3, -0.25) is 9.59 Å². The first-order valence-corrected chi connectivity index (χ1v) is 9.09. The number of carbonyl (C=O) groups excluding carboxylic acids is 2. The number of fused-ring (bicyclic) bond motifs is 1. The fourth-order valence-electron chi connectivity index (χ4n) is 2.94. The summed E-state index contributed by atoms with van der Waals surface area (Å²) < 4.78 is 15.9. The van der Waals surface area contributed by atoms with Crippen LogP contribution in [0.2, 0.25) is 0 Å². The second kappa shape index (κ2) is 8.61. The third-order valence-electron chi connectivity index (χ3n) is 4.46. The van der Waals surface area contributed by atoms with E-state index in [1.54, 1.807) is 18.4 Å². The van der Waals surface area contributed by atoms with E-state index >= 15 is 0 Å². The number of aryl methyl sites for hydroxylation is 2. The minimum atomic E-state index is -0.492. The SMILES string of the molecule is CCc1ccc2c(CC(=O)OCC(=O)Nc3cc(C)ccc3OC)coc2c1. The molecule has 0 radical (unpaired) electrons. The molecule has 28 heavy (non-hydrogen) atoms. The first-order chi connectivity index (χ1) is 13.5. The van der Waals surface area contributed by atoms with Gasteiger partial charge in [-0.2, -0.15) is 0 Å². The largest absolute Gasteiger partial charge is 0.495 e. The minimum Gasteiger partial charge on any atom is -0.495 e. The predicted octanol–water partition coefficient (Wildman–Crippen LogP) is 4.04. The highest BCUT2D eigenvalue weighted by atomic mass is 16.5. The average molecular weight is 381 g/mol. The fourth-order valence-corrected chi connectivity index (χ4v) is 2.94. The maximum absolute atomic E-state index is 12.1. The van der Waals surface area contributed by atoms with Gasteiger partial charge in [0.15, 0.2) is 6.61 Å². The molecule has 1 aromatic heterocycles. The smallest absolute Gasteiger partial charge is 0.310 e. The third-order valence-corrected chi connectivity index (χ3v) is 4.46. The van der Waals surface area contributed by atoms with Gasteiger partial charge in [0.25, 0.3) is 5.91 Å². The molecule has 0 unspecified atom stereocenters. The summed E-state index contributed by atoms with van der Waals surface area (Å²) in [6, 6.07) is 11.4. The van der Waals surface area contributed by atoms with E-state index in [9.17, 15) is 9.59 Å². The molecule has 0 bridgehead atoms. The molecule has 0 saturated carbocycles. The molecule has 3 rings (SSSR count). The molecule has 1 amide bonds. The molecule has 1 N–H and O–H groups in total. The van der Waals surface area contributed by atoms with Crippen molar-refractivity contribution in [1.29, 1.82) is 0 Å². The lowest BCUT2D eigenvalue weighted by Crippen LogP contribution is -2.22. The molecule has 3 aromatic rings. The van der Waals surface area contributed by atoms with Crippen LogP contribution in [-0.2, 0) is 27.2 Å². The van der Waals surface area contributed by atoms with Crippen molar-refractivity contribution < 1.29 is 23.5 Å². The lowest BCUT2D eigenvalue weighted by molar-refractivity contribution is -0.146. The number of furan rings is 1. The first kappa shape index (κ1) is 19.5.